The van der Waals surface area contributed by atoms with E-state index < -0.39 is 28.5 Å². The zero-order chi connectivity index (χ0) is 29.3. The minimum absolute atomic E-state index is 0.0840. The molecule has 0 spiro atoms. The molecule has 1 N–H and O–H groups in total. The third kappa shape index (κ3) is 7.95. The van der Waals surface area contributed by atoms with Crippen LogP contribution in [0, 0.1) is 13.8 Å². The van der Waals surface area contributed by atoms with Crippen LogP contribution >= 0.6 is 15.9 Å². The second-order valence-electron chi connectivity index (χ2n) is 9.82. The maximum atomic E-state index is 14.1. The molecule has 0 saturated carbocycles. The van der Waals surface area contributed by atoms with Crippen molar-refractivity contribution in [2.75, 3.05) is 17.4 Å². The Morgan fingerprint density at radius 1 is 0.950 bits per heavy atom. The first-order valence-corrected chi connectivity index (χ1v) is 15.8. The molecule has 0 aliphatic rings. The van der Waals surface area contributed by atoms with Gasteiger partial charge in [-0.25, -0.2) is 8.42 Å². The largest absolute Gasteiger partial charge is 0.354 e. The normalized spacial score (nSPS) is 12.0. The van der Waals surface area contributed by atoms with E-state index in [4.69, 9.17) is 0 Å². The van der Waals surface area contributed by atoms with Gasteiger partial charge in [0.1, 0.15) is 12.6 Å². The van der Waals surface area contributed by atoms with Crippen molar-refractivity contribution in [3.8, 4) is 0 Å². The molecule has 0 bridgehead atoms. The Hall–Kier alpha value is -3.17. The van der Waals surface area contributed by atoms with Crippen molar-refractivity contribution in [2.45, 2.75) is 64.4 Å². The molecule has 3 aromatic carbocycles. The fourth-order valence-corrected chi connectivity index (χ4v) is 6.19. The van der Waals surface area contributed by atoms with Gasteiger partial charge in [0.25, 0.3) is 10.0 Å². The van der Waals surface area contributed by atoms with Crippen LogP contribution in [-0.4, -0.2) is 44.3 Å². The standard InChI is InChI=1S/C31H38BrN3O4S/c1-5-7-19-33-31(37)29(6-2)34(21-25-12-9-8-11-24(25)4)30(36)22-35(27-14-10-13-26(32)20-27)40(38,39)28-17-15-23(3)16-18-28/h8-18,20,29H,5-7,19,21-22H2,1-4H3,(H,33,37)/t29-/m1/s1. The molecule has 0 aromatic heterocycles. The van der Waals surface area contributed by atoms with Crippen molar-refractivity contribution >= 4 is 43.5 Å². The number of benzene rings is 3. The average Bonchev–Trinajstić information content (AvgIpc) is 2.92. The summed E-state index contributed by atoms with van der Waals surface area (Å²) in [5.41, 5.74) is 3.15. The first-order valence-electron chi connectivity index (χ1n) is 13.5. The highest BCUT2D eigenvalue weighted by atomic mass is 79.9. The Bertz CT molecular complexity index is 1410. The lowest BCUT2D eigenvalue weighted by Gasteiger charge is -2.33. The highest BCUT2D eigenvalue weighted by Gasteiger charge is 2.33. The molecule has 7 nitrogen and oxygen atoms in total. The molecule has 0 fully saturated rings. The summed E-state index contributed by atoms with van der Waals surface area (Å²) in [4.78, 5) is 29.0. The minimum Gasteiger partial charge on any atom is -0.354 e. The van der Waals surface area contributed by atoms with Crippen molar-refractivity contribution in [2.24, 2.45) is 0 Å². The molecule has 0 aliphatic carbocycles. The summed E-state index contributed by atoms with van der Waals surface area (Å²) in [6.07, 6.45) is 2.15. The van der Waals surface area contributed by atoms with Gasteiger partial charge in [0.05, 0.1) is 10.6 Å². The van der Waals surface area contributed by atoms with E-state index in [0.29, 0.717) is 23.1 Å². The topological polar surface area (TPSA) is 86.8 Å². The van der Waals surface area contributed by atoms with Crippen LogP contribution in [0.15, 0.2) is 82.2 Å². The number of halogens is 1. The molecule has 0 aliphatic heterocycles. The number of carbonyl (C=O) groups excluding carboxylic acids is 2. The van der Waals surface area contributed by atoms with Gasteiger partial charge in [0.2, 0.25) is 11.8 Å². The predicted octanol–water partition coefficient (Wildman–Crippen LogP) is 5.98. The summed E-state index contributed by atoms with van der Waals surface area (Å²) in [6, 6.07) is 20.3. The van der Waals surface area contributed by atoms with Gasteiger partial charge in [-0.2, -0.15) is 0 Å². The summed E-state index contributed by atoms with van der Waals surface area (Å²) in [5.74, 6) is -0.704. The van der Waals surface area contributed by atoms with E-state index >= 15 is 0 Å². The number of hydrogen-bond acceptors (Lipinski definition) is 4. The molecule has 40 heavy (non-hydrogen) atoms. The molecular weight excluding hydrogens is 590 g/mol. The Kier molecular flexibility index (Phi) is 11.3. The lowest BCUT2D eigenvalue weighted by molar-refractivity contribution is -0.140. The monoisotopic (exact) mass is 627 g/mol. The second-order valence-corrected chi connectivity index (χ2v) is 12.6. The van der Waals surface area contributed by atoms with Crippen LogP contribution in [0.1, 0.15) is 49.8 Å². The zero-order valence-corrected chi connectivity index (χ0v) is 26.0. The first kappa shape index (κ1) is 31.4. The van der Waals surface area contributed by atoms with Crippen molar-refractivity contribution in [3.63, 3.8) is 0 Å². The van der Waals surface area contributed by atoms with Gasteiger partial charge < -0.3 is 10.2 Å². The van der Waals surface area contributed by atoms with Crippen LogP contribution in [0.4, 0.5) is 5.69 Å². The van der Waals surface area contributed by atoms with Gasteiger partial charge in [-0.3, -0.25) is 13.9 Å². The first-order chi connectivity index (χ1) is 19.1. The molecule has 0 unspecified atom stereocenters. The third-order valence-electron chi connectivity index (χ3n) is 6.80. The highest BCUT2D eigenvalue weighted by Crippen LogP contribution is 2.27. The number of sulfonamides is 1. The number of anilines is 1. The number of carbonyl (C=O) groups is 2. The maximum absolute atomic E-state index is 14.1. The second kappa shape index (κ2) is 14.5. The quantitative estimate of drug-likeness (QED) is 0.236. The van der Waals surface area contributed by atoms with Crippen LogP contribution in [0.3, 0.4) is 0 Å². The fourth-order valence-electron chi connectivity index (χ4n) is 4.39. The molecule has 0 radical (unpaired) electrons. The molecule has 214 valence electrons. The Labute approximate surface area is 246 Å². The zero-order valence-electron chi connectivity index (χ0n) is 23.6. The van der Waals surface area contributed by atoms with Gasteiger partial charge in [-0.15, -0.1) is 0 Å². The predicted molar refractivity (Wildman–Crippen MR) is 164 cm³/mol. The number of unbranched alkanes of at least 4 members (excludes halogenated alkanes) is 1. The van der Waals surface area contributed by atoms with E-state index in [1.807, 2.05) is 52.0 Å². The summed E-state index contributed by atoms with van der Waals surface area (Å²) >= 11 is 3.42. The molecular formula is C31H38BrN3O4S. The van der Waals surface area contributed by atoms with Crippen molar-refractivity contribution in [1.82, 2.24) is 10.2 Å². The Balaban J connectivity index is 2.05. The summed E-state index contributed by atoms with van der Waals surface area (Å²) in [5, 5.41) is 2.95. The Morgan fingerprint density at radius 3 is 2.27 bits per heavy atom. The number of hydrogen-bond donors (Lipinski definition) is 1. The molecule has 2 amide bonds. The highest BCUT2D eigenvalue weighted by molar-refractivity contribution is 9.10. The van der Waals surface area contributed by atoms with Crippen LogP contribution in [-0.2, 0) is 26.2 Å². The van der Waals surface area contributed by atoms with Gasteiger partial charge in [0, 0.05) is 17.6 Å². The molecule has 3 aromatic rings. The van der Waals surface area contributed by atoms with Crippen molar-refractivity contribution < 1.29 is 18.0 Å². The SMILES string of the molecule is CCCCNC(=O)[C@@H](CC)N(Cc1ccccc1C)C(=O)CN(c1cccc(Br)c1)S(=O)(=O)c1ccc(C)cc1. The number of rotatable bonds is 13. The van der Waals surface area contributed by atoms with E-state index in [0.717, 1.165) is 33.8 Å². The average molecular weight is 629 g/mol. The van der Waals surface area contributed by atoms with Gasteiger partial charge in [-0.1, -0.05) is 84.2 Å². The maximum Gasteiger partial charge on any atom is 0.264 e. The Morgan fingerprint density at radius 2 is 1.65 bits per heavy atom. The van der Waals surface area contributed by atoms with Gasteiger partial charge >= 0.3 is 0 Å². The number of nitrogens with zero attached hydrogens (tertiary/aromatic N) is 2. The van der Waals surface area contributed by atoms with Crippen LogP contribution < -0.4 is 9.62 Å². The molecule has 0 saturated heterocycles. The van der Waals surface area contributed by atoms with Crippen LogP contribution in [0.2, 0.25) is 0 Å². The summed E-state index contributed by atoms with van der Waals surface area (Å²) < 4.78 is 29.7. The third-order valence-corrected chi connectivity index (χ3v) is 9.08. The lowest BCUT2D eigenvalue weighted by Crippen LogP contribution is -2.52. The minimum atomic E-state index is -4.10. The van der Waals surface area contributed by atoms with Crippen LogP contribution in [0.5, 0.6) is 0 Å². The van der Waals surface area contributed by atoms with Crippen molar-refractivity contribution in [1.29, 1.82) is 0 Å². The van der Waals surface area contributed by atoms with E-state index in [9.17, 15) is 18.0 Å². The van der Waals surface area contributed by atoms with E-state index in [1.54, 1.807) is 48.5 Å². The van der Waals surface area contributed by atoms with E-state index in [2.05, 4.69) is 21.2 Å². The van der Waals surface area contributed by atoms with E-state index in [-0.39, 0.29) is 17.3 Å². The van der Waals surface area contributed by atoms with Crippen molar-refractivity contribution in [3.05, 3.63) is 94.0 Å². The summed E-state index contributed by atoms with van der Waals surface area (Å²) in [7, 11) is -4.10. The fraction of sp³-hybridized carbons (Fsp3) is 0.355. The van der Waals surface area contributed by atoms with Gasteiger partial charge in [-0.05, 0) is 68.1 Å². The molecule has 1 atom stereocenters. The smallest absolute Gasteiger partial charge is 0.264 e. The van der Waals surface area contributed by atoms with E-state index in [1.165, 1.54) is 4.90 Å². The molecule has 3 rings (SSSR count). The molecule has 9 heteroatoms. The lowest BCUT2D eigenvalue weighted by atomic mass is 10.1. The van der Waals surface area contributed by atoms with Crippen LogP contribution in [0.25, 0.3) is 0 Å². The van der Waals surface area contributed by atoms with Gasteiger partial charge in [0.15, 0.2) is 0 Å². The summed E-state index contributed by atoms with van der Waals surface area (Å²) in [6.45, 7) is 7.98. The number of nitrogens with one attached hydrogen (secondary N) is 1. The molecule has 0 heterocycles. The number of amides is 2. The number of aryl methyl sites for hydroxylation is 2.